The summed E-state index contributed by atoms with van der Waals surface area (Å²) in [6.45, 7) is 1.77. The van der Waals surface area contributed by atoms with Gasteiger partial charge in [-0.05, 0) is 36.2 Å². The lowest BCUT2D eigenvalue weighted by Gasteiger charge is -2.13. The molecule has 102 valence electrons. The average Bonchev–Trinajstić information content (AvgIpc) is 2.84. The van der Waals surface area contributed by atoms with Crippen LogP contribution in [0.4, 0.5) is 13.2 Å². The maximum Gasteiger partial charge on any atom is 0.417 e. The van der Waals surface area contributed by atoms with Crippen LogP contribution < -0.4 is 0 Å². The van der Waals surface area contributed by atoms with Crippen LogP contribution in [0.15, 0.2) is 36.4 Å². The lowest BCUT2D eigenvalue weighted by molar-refractivity contribution is -0.137. The first kappa shape index (κ1) is 13.1. The number of alkyl halides is 3. The van der Waals surface area contributed by atoms with E-state index in [1.165, 1.54) is 6.07 Å². The van der Waals surface area contributed by atoms with E-state index in [0.717, 1.165) is 23.4 Å². The van der Waals surface area contributed by atoms with E-state index in [-0.39, 0.29) is 5.56 Å². The molecule has 3 rings (SSSR count). The van der Waals surface area contributed by atoms with Crippen LogP contribution in [-0.2, 0) is 6.18 Å². The Morgan fingerprint density at radius 1 is 0.950 bits per heavy atom. The summed E-state index contributed by atoms with van der Waals surface area (Å²) in [5.74, 6) is 0. The maximum absolute atomic E-state index is 13.1. The van der Waals surface area contributed by atoms with Gasteiger partial charge < -0.3 is 0 Å². The number of hydrogen-bond donors (Lipinski definition) is 0. The maximum atomic E-state index is 13.1. The molecule has 1 heterocycles. The zero-order chi connectivity index (χ0) is 14.3. The Labute approximate surface area is 117 Å². The fourth-order valence-electron chi connectivity index (χ4n) is 2.09. The molecule has 0 aliphatic heterocycles. The van der Waals surface area contributed by atoms with Crippen molar-refractivity contribution in [2.24, 2.45) is 0 Å². The molecule has 6 heteroatoms. The molecule has 0 radical (unpaired) electrons. The van der Waals surface area contributed by atoms with E-state index < -0.39 is 11.7 Å². The second kappa shape index (κ2) is 4.56. The average molecular weight is 294 g/mol. The lowest BCUT2D eigenvalue weighted by Crippen LogP contribution is -2.07. The standard InChI is InChI=1S/C14H9F3N2S/c1-8-2-4-11(14(15,16)17)10(6-8)9-3-5-12-13(7-9)19-20-18-12/h2-7H,1H3. The summed E-state index contributed by atoms with van der Waals surface area (Å²) in [5.41, 5.74) is 2.13. The highest BCUT2D eigenvalue weighted by molar-refractivity contribution is 7.00. The van der Waals surface area contributed by atoms with E-state index in [1.54, 1.807) is 31.2 Å². The number of rotatable bonds is 1. The lowest BCUT2D eigenvalue weighted by atomic mass is 9.97. The molecular weight excluding hydrogens is 285 g/mol. The second-order valence-electron chi connectivity index (χ2n) is 4.51. The topological polar surface area (TPSA) is 25.8 Å². The van der Waals surface area contributed by atoms with E-state index in [9.17, 15) is 13.2 Å². The van der Waals surface area contributed by atoms with Crippen molar-refractivity contribution in [2.75, 3.05) is 0 Å². The van der Waals surface area contributed by atoms with Crippen molar-refractivity contribution in [3.05, 3.63) is 47.5 Å². The minimum Gasteiger partial charge on any atom is -0.173 e. The molecule has 0 N–H and O–H groups in total. The summed E-state index contributed by atoms with van der Waals surface area (Å²) in [4.78, 5) is 0. The molecule has 0 unspecified atom stereocenters. The fourth-order valence-corrected chi connectivity index (χ4v) is 2.61. The summed E-state index contributed by atoms with van der Waals surface area (Å²) >= 11 is 1.05. The van der Waals surface area contributed by atoms with Crippen molar-refractivity contribution in [3.8, 4) is 11.1 Å². The second-order valence-corrected chi connectivity index (χ2v) is 5.04. The first-order chi connectivity index (χ1) is 9.45. The molecule has 0 amide bonds. The highest BCUT2D eigenvalue weighted by Gasteiger charge is 2.33. The SMILES string of the molecule is Cc1ccc(C(F)(F)F)c(-c2ccc3nsnc3c2)c1. The van der Waals surface area contributed by atoms with Crippen molar-refractivity contribution in [3.63, 3.8) is 0 Å². The number of benzene rings is 2. The Morgan fingerprint density at radius 2 is 1.70 bits per heavy atom. The quantitative estimate of drug-likeness (QED) is 0.651. The molecule has 0 fully saturated rings. The first-order valence-electron chi connectivity index (χ1n) is 5.86. The van der Waals surface area contributed by atoms with Crippen molar-refractivity contribution in [1.82, 2.24) is 8.75 Å². The summed E-state index contributed by atoms with van der Waals surface area (Å²) in [7, 11) is 0. The van der Waals surface area contributed by atoms with Gasteiger partial charge in [-0.15, -0.1) is 0 Å². The van der Waals surface area contributed by atoms with E-state index >= 15 is 0 Å². The van der Waals surface area contributed by atoms with Gasteiger partial charge in [-0.25, -0.2) is 0 Å². The fraction of sp³-hybridized carbons (Fsp3) is 0.143. The number of halogens is 3. The highest BCUT2D eigenvalue weighted by Crippen LogP contribution is 2.38. The molecule has 1 aromatic heterocycles. The molecular formula is C14H9F3N2S. The number of aromatic nitrogens is 2. The summed E-state index contributed by atoms with van der Waals surface area (Å²) in [6, 6.07) is 9.11. The molecule has 2 nitrogen and oxygen atoms in total. The molecule has 0 aliphatic carbocycles. The van der Waals surface area contributed by atoms with Crippen LogP contribution in [0, 0.1) is 6.92 Å². The third-order valence-electron chi connectivity index (χ3n) is 3.05. The molecule has 0 atom stereocenters. The predicted octanol–water partition coefficient (Wildman–Crippen LogP) is 4.69. The Kier molecular flexibility index (Phi) is 2.97. The normalized spacial score (nSPS) is 12.0. The van der Waals surface area contributed by atoms with Gasteiger partial charge in [-0.2, -0.15) is 21.9 Å². The van der Waals surface area contributed by atoms with Crippen molar-refractivity contribution < 1.29 is 13.2 Å². The van der Waals surface area contributed by atoms with Crippen LogP contribution in [0.25, 0.3) is 22.2 Å². The molecule has 3 aromatic rings. The zero-order valence-electron chi connectivity index (χ0n) is 10.4. The van der Waals surface area contributed by atoms with Crippen LogP contribution in [0.3, 0.4) is 0 Å². The minimum absolute atomic E-state index is 0.174. The van der Waals surface area contributed by atoms with Crippen LogP contribution in [0.1, 0.15) is 11.1 Å². The van der Waals surface area contributed by atoms with Gasteiger partial charge in [-0.3, -0.25) is 0 Å². The van der Waals surface area contributed by atoms with Gasteiger partial charge in [0, 0.05) is 0 Å². The van der Waals surface area contributed by atoms with Crippen LogP contribution in [0.2, 0.25) is 0 Å². The van der Waals surface area contributed by atoms with Gasteiger partial charge >= 0.3 is 6.18 Å². The summed E-state index contributed by atoms with van der Waals surface area (Å²) in [6.07, 6.45) is -4.38. The number of hydrogen-bond acceptors (Lipinski definition) is 3. The van der Waals surface area contributed by atoms with Crippen LogP contribution >= 0.6 is 11.7 Å². The van der Waals surface area contributed by atoms with E-state index in [4.69, 9.17) is 0 Å². The van der Waals surface area contributed by atoms with Gasteiger partial charge in [0.1, 0.15) is 11.0 Å². The molecule has 2 aromatic carbocycles. The Hall–Kier alpha value is -1.95. The highest BCUT2D eigenvalue weighted by atomic mass is 32.1. The van der Waals surface area contributed by atoms with Gasteiger partial charge in [-0.1, -0.05) is 23.8 Å². The van der Waals surface area contributed by atoms with Gasteiger partial charge in [0.2, 0.25) is 0 Å². The number of nitrogens with zero attached hydrogens (tertiary/aromatic N) is 2. The molecule has 0 saturated carbocycles. The van der Waals surface area contributed by atoms with Crippen LogP contribution in [-0.4, -0.2) is 8.75 Å². The third kappa shape index (κ3) is 2.27. The van der Waals surface area contributed by atoms with E-state index in [0.29, 0.717) is 16.6 Å². The number of aryl methyl sites for hydroxylation is 1. The van der Waals surface area contributed by atoms with Crippen molar-refractivity contribution in [1.29, 1.82) is 0 Å². The largest absolute Gasteiger partial charge is 0.417 e. The molecule has 0 spiro atoms. The molecule has 20 heavy (non-hydrogen) atoms. The van der Waals surface area contributed by atoms with Crippen molar-refractivity contribution in [2.45, 2.75) is 13.1 Å². The van der Waals surface area contributed by atoms with Gasteiger partial charge in [0.15, 0.2) is 0 Å². The van der Waals surface area contributed by atoms with E-state index in [1.807, 2.05) is 0 Å². The Balaban J connectivity index is 2.24. The monoisotopic (exact) mass is 294 g/mol. The van der Waals surface area contributed by atoms with Crippen molar-refractivity contribution >= 4 is 22.8 Å². The summed E-state index contributed by atoms with van der Waals surface area (Å²) in [5, 5.41) is 0. The third-order valence-corrected chi connectivity index (χ3v) is 3.60. The Morgan fingerprint density at radius 3 is 2.45 bits per heavy atom. The molecule has 0 aliphatic rings. The summed E-state index contributed by atoms with van der Waals surface area (Å²) < 4.78 is 47.4. The number of fused-ring (bicyclic) bond motifs is 1. The minimum atomic E-state index is -4.38. The molecule has 0 bridgehead atoms. The molecule has 0 saturated heterocycles. The Bertz CT molecular complexity index is 777. The van der Waals surface area contributed by atoms with Gasteiger partial charge in [0.25, 0.3) is 0 Å². The first-order valence-corrected chi connectivity index (χ1v) is 6.59. The van der Waals surface area contributed by atoms with Crippen LogP contribution in [0.5, 0.6) is 0 Å². The van der Waals surface area contributed by atoms with E-state index in [2.05, 4.69) is 8.75 Å². The predicted molar refractivity (Wildman–Crippen MR) is 72.6 cm³/mol. The smallest absolute Gasteiger partial charge is 0.173 e. The zero-order valence-corrected chi connectivity index (χ0v) is 11.2. The van der Waals surface area contributed by atoms with Gasteiger partial charge in [0.05, 0.1) is 17.3 Å².